The summed E-state index contributed by atoms with van der Waals surface area (Å²) in [6.07, 6.45) is 28.8. The summed E-state index contributed by atoms with van der Waals surface area (Å²) < 4.78 is 0. The highest BCUT2D eigenvalue weighted by Gasteiger charge is 2.53. The van der Waals surface area contributed by atoms with Crippen molar-refractivity contribution >= 4 is 11.9 Å². The molecule has 16 fully saturated rings. The van der Waals surface area contributed by atoms with Gasteiger partial charge in [0.1, 0.15) is 0 Å². The summed E-state index contributed by atoms with van der Waals surface area (Å²) in [5, 5.41) is 10.6. The molecule has 0 aromatic heterocycles. The molecule has 0 atom stereocenters. The van der Waals surface area contributed by atoms with Crippen LogP contribution in [0.15, 0.2) is 9.98 Å². The number of nitrogens with two attached hydrogens (primary N) is 1. The van der Waals surface area contributed by atoms with E-state index in [1.165, 1.54) is 128 Å². The number of hydrogen-bond donors (Lipinski definition) is 3. The van der Waals surface area contributed by atoms with Gasteiger partial charge in [-0.05, 0) is 223 Å². The predicted molar refractivity (Wildman–Crippen MR) is 190 cm³/mol. The Hall–Kier alpha value is -1.30. The average molecular weight is 653 g/mol. The molecule has 0 aromatic carbocycles. The first kappa shape index (κ1) is 29.3. The van der Waals surface area contributed by atoms with E-state index in [0.29, 0.717) is 24.2 Å². The lowest BCUT2D eigenvalue weighted by molar-refractivity contribution is -0.0107. The van der Waals surface area contributed by atoms with Crippen LogP contribution in [0.25, 0.3) is 0 Å². The minimum atomic E-state index is 0.451. The Labute approximate surface area is 290 Å². The van der Waals surface area contributed by atoms with Crippen molar-refractivity contribution < 1.29 is 0 Å². The Bertz CT molecular complexity index is 1140. The van der Waals surface area contributed by atoms with Crippen LogP contribution in [0.4, 0.5) is 0 Å². The van der Waals surface area contributed by atoms with Crippen LogP contribution in [0.3, 0.4) is 0 Å². The van der Waals surface area contributed by atoms with Crippen molar-refractivity contribution in [2.75, 3.05) is 0 Å². The standard InChI is InChI=1S/C42H64N6/c43-48(41(44-37-29-5-21-1-22(7-29)8-30(37)6-21)45-38-31-9-23-2-24(11-31)12-32(38)10-23)42(46-39-33-13-25-3-26(15-33)16-34(39)14-25)47-40-35-17-27-4-28(19-35)20-36(40)18-27/h21-40H,1-20,43H2,(H,44,45)(H,46,47). The maximum atomic E-state index is 7.62. The Morgan fingerprint density at radius 3 is 0.833 bits per heavy atom. The van der Waals surface area contributed by atoms with Gasteiger partial charge in [0, 0.05) is 12.1 Å². The molecule has 262 valence electrons. The SMILES string of the molecule is NN(C(=NC1C2CC3CC(C2)CC1C3)NC1C2CC3CC(C2)CC1C3)C(=NC1C2CC3CC(C2)CC1C3)NC1C2CC3CC(C2)CC1C3. The number of guanidine groups is 2. The molecule has 0 spiro atoms. The molecule has 0 radical (unpaired) electrons. The van der Waals surface area contributed by atoms with Gasteiger partial charge >= 0.3 is 0 Å². The summed E-state index contributed by atoms with van der Waals surface area (Å²) in [5.41, 5.74) is 0. The molecule has 4 N–H and O–H groups in total. The van der Waals surface area contributed by atoms with E-state index >= 15 is 0 Å². The molecule has 0 heterocycles. The van der Waals surface area contributed by atoms with Crippen LogP contribution in [-0.2, 0) is 0 Å². The summed E-state index contributed by atoms with van der Waals surface area (Å²) in [4.78, 5) is 11.8. The Morgan fingerprint density at radius 2 is 0.583 bits per heavy atom. The zero-order chi connectivity index (χ0) is 31.2. The minimum absolute atomic E-state index is 0.451. The van der Waals surface area contributed by atoms with Crippen molar-refractivity contribution in [3.63, 3.8) is 0 Å². The third kappa shape index (κ3) is 4.70. The van der Waals surface area contributed by atoms with Crippen LogP contribution >= 0.6 is 0 Å². The lowest BCUT2D eigenvalue weighted by Gasteiger charge is -2.56. The smallest absolute Gasteiger partial charge is 0.216 e. The number of rotatable bonds is 4. The molecule has 6 heteroatoms. The number of hydrazine groups is 1. The fourth-order valence-electron chi connectivity index (χ4n) is 17.6. The first-order chi connectivity index (χ1) is 23.5. The number of nitrogens with one attached hydrogen (secondary N) is 2. The second-order valence-corrected chi connectivity index (χ2v) is 21.3. The summed E-state index contributed by atoms with van der Waals surface area (Å²) in [6.45, 7) is 0. The lowest BCUT2D eigenvalue weighted by atomic mass is 9.54. The molecule has 0 aromatic rings. The number of hydrogen-bond acceptors (Lipinski definition) is 3. The molecular weight excluding hydrogens is 589 g/mol. The summed E-state index contributed by atoms with van der Waals surface area (Å²) in [5.74, 6) is 23.8. The highest BCUT2D eigenvalue weighted by molar-refractivity contribution is 5.98. The van der Waals surface area contributed by atoms with E-state index in [4.69, 9.17) is 15.8 Å². The molecule has 0 unspecified atom stereocenters. The lowest BCUT2D eigenvalue weighted by Crippen LogP contribution is -2.65. The van der Waals surface area contributed by atoms with E-state index in [9.17, 15) is 0 Å². The van der Waals surface area contributed by atoms with Crippen LogP contribution in [-0.4, -0.2) is 41.1 Å². The second kappa shape index (κ2) is 10.9. The van der Waals surface area contributed by atoms with Gasteiger partial charge in [-0.25, -0.2) is 20.8 Å². The van der Waals surface area contributed by atoms with Gasteiger partial charge in [-0.3, -0.25) is 0 Å². The highest BCUT2D eigenvalue weighted by atomic mass is 15.6. The summed E-state index contributed by atoms with van der Waals surface area (Å²) in [7, 11) is 0. The van der Waals surface area contributed by atoms with Crippen molar-refractivity contribution in [3.05, 3.63) is 0 Å². The van der Waals surface area contributed by atoms with Gasteiger partial charge in [0.2, 0.25) is 11.9 Å². The van der Waals surface area contributed by atoms with E-state index in [2.05, 4.69) is 15.6 Å². The van der Waals surface area contributed by atoms with Gasteiger partial charge in [-0.15, -0.1) is 0 Å². The average Bonchev–Trinajstić information content (AvgIpc) is 3.04. The highest BCUT2D eigenvalue weighted by Crippen LogP contribution is 2.58. The summed E-state index contributed by atoms with van der Waals surface area (Å²) in [6, 6.07) is 1.99. The maximum Gasteiger partial charge on any atom is 0.216 e. The Morgan fingerprint density at radius 1 is 0.354 bits per heavy atom. The van der Waals surface area contributed by atoms with Gasteiger partial charge in [-0.2, -0.15) is 0 Å². The number of nitrogens with zero attached hydrogens (tertiary/aromatic N) is 3. The summed E-state index contributed by atoms with van der Waals surface area (Å²) >= 11 is 0. The molecule has 16 aliphatic rings. The Kier molecular flexibility index (Phi) is 6.63. The molecule has 16 rings (SSSR count). The van der Waals surface area contributed by atoms with E-state index < -0.39 is 0 Å². The molecule has 48 heavy (non-hydrogen) atoms. The maximum absolute atomic E-state index is 7.62. The van der Waals surface area contributed by atoms with Gasteiger partial charge < -0.3 is 10.6 Å². The van der Waals surface area contributed by atoms with E-state index in [1.54, 1.807) is 0 Å². The molecule has 0 saturated heterocycles. The third-order valence-corrected chi connectivity index (χ3v) is 18.4. The fraction of sp³-hybridized carbons (Fsp3) is 0.952. The van der Waals surface area contributed by atoms with Crippen molar-refractivity contribution in [1.82, 2.24) is 15.6 Å². The van der Waals surface area contributed by atoms with Crippen molar-refractivity contribution in [1.29, 1.82) is 0 Å². The molecule has 0 amide bonds. The van der Waals surface area contributed by atoms with Crippen molar-refractivity contribution in [2.45, 2.75) is 153 Å². The third-order valence-electron chi connectivity index (χ3n) is 18.4. The zero-order valence-electron chi connectivity index (χ0n) is 29.6. The van der Waals surface area contributed by atoms with Gasteiger partial charge in [-0.1, -0.05) is 0 Å². The predicted octanol–water partition coefficient (Wildman–Crippen LogP) is 7.35. The van der Waals surface area contributed by atoms with E-state index in [-0.39, 0.29) is 0 Å². The fourth-order valence-corrected chi connectivity index (χ4v) is 17.6. The monoisotopic (exact) mass is 653 g/mol. The first-order valence-electron chi connectivity index (χ1n) is 21.7. The van der Waals surface area contributed by atoms with Crippen molar-refractivity contribution in [3.8, 4) is 0 Å². The quantitative estimate of drug-likeness (QED) is 0.128. The first-order valence-corrected chi connectivity index (χ1v) is 21.7. The topological polar surface area (TPSA) is 78.0 Å². The molecule has 6 nitrogen and oxygen atoms in total. The van der Waals surface area contributed by atoms with Crippen LogP contribution < -0.4 is 16.5 Å². The van der Waals surface area contributed by atoms with Gasteiger partial charge in [0.15, 0.2) is 0 Å². The molecule has 16 saturated carbocycles. The largest absolute Gasteiger partial charge is 0.351 e. The van der Waals surface area contributed by atoms with Crippen LogP contribution in [0.1, 0.15) is 128 Å². The van der Waals surface area contributed by atoms with E-state index in [0.717, 1.165) is 107 Å². The van der Waals surface area contributed by atoms with Crippen molar-refractivity contribution in [2.24, 2.45) is 111 Å². The normalized spacial score (nSPS) is 57.9. The second-order valence-electron chi connectivity index (χ2n) is 21.3. The van der Waals surface area contributed by atoms with E-state index in [1.807, 2.05) is 0 Å². The minimum Gasteiger partial charge on any atom is -0.351 e. The number of aliphatic imine (C=N–C) groups is 2. The Balaban J connectivity index is 0.910. The van der Waals surface area contributed by atoms with Crippen LogP contribution in [0.2, 0.25) is 0 Å². The zero-order valence-corrected chi connectivity index (χ0v) is 29.6. The molecular formula is C42H64N6. The van der Waals surface area contributed by atoms with Crippen LogP contribution in [0, 0.1) is 94.7 Å². The van der Waals surface area contributed by atoms with Crippen LogP contribution in [0.5, 0.6) is 0 Å². The molecule has 16 aliphatic carbocycles. The molecule has 16 bridgehead atoms. The van der Waals surface area contributed by atoms with Gasteiger partial charge in [0.05, 0.1) is 12.1 Å². The van der Waals surface area contributed by atoms with Gasteiger partial charge in [0.25, 0.3) is 0 Å². The molecule has 0 aliphatic heterocycles.